The molecule has 0 atom stereocenters. The smallest absolute Gasteiger partial charge is 0.282 e. The van der Waals surface area contributed by atoms with Crippen LogP contribution in [0, 0.1) is 10.1 Å². The number of nitro groups is 1. The zero-order chi connectivity index (χ0) is 13.8. The van der Waals surface area contributed by atoms with E-state index in [1.807, 2.05) is 0 Å². The number of carbonyl (C=O) groups is 1. The van der Waals surface area contributed by atoms with Crippen molar-refractivity contribution in [1.82, 2.24) is 0 Å². The van der Waals surface area contributed by atoms with Crippen LogP contribution in [0.1, 0.15) is 15.9 Å². The number of nitrogens with one attached hydrogen (secondary N) is 1. The molecule has 0 heterocycles. The van der Waals surface area contributed by atoms with E-state index >= 15 is 0 Å². The van der Waals surface area contributed by atoms with Gasteiger partial charge in [-0.25, -0.2) is 0 Å². The molecule has 0 unspecified atom stereocenters. The third kappa shape index (κ3) is 2.44. The Balaban J connectivity index is 2.61. The summed E-state index contributed by atoms with van der Waals surface area (Å²) in [6, 6.07) is 13.0. The zero-order valence-electron chi connectivity index (χ0n) is 10.3. The number of rotatable bonds is 4. The van der Waals surface area contributed by atoms with Crippen LogP contribution < -0.4 is 5.32 Å². The van der Waals surface area contributed by atoms with Gasteiger partial charge in [-0.1, -0.05) is 36.4 Å². The van der Waals surface area contributed by atoms with Gasteiger partial charge in [0.25, 0.3) is 5.69 Å². The highest BCUT2D eigenvalue weighted by molar-refractivity contribution is 6.14. The number of ketones is 1. The molecule has 0 fully saturated rings. The highest BCUT2D eigenvalue weighted by Gasteiger charge is 2.24. The van der Waals surface area contributed by atoms with Crippen molar-refractivity contribution in [2.24, 2.45) is 0 Å². The summed E-state index contributed by atoms with van der Waals surface area (Å²) in [5.41, 5.74) is 0.762. The Bertz CT molecular complexity index is 624. The van der Waals surface area contributed by atoms with Crippen molar-refractivity contribution in [2.75, 3.05) is 12.4 Å². The molecule has 1 N–H and O–H groups in total. The second-order valence-corrected chi connectivity index (χ2v) is 3.90. The Kier molecular flexibility index (Phi) is 3.56. The molecule has 5 heteroatoms. The molecular weight excluding hydrogens is 244 g/mol. The molecule has 0 saturated carbocycles. The summed E-state index contributed by atoms with van der Waals surface area (Å²) in [6.07, 6.45) is 0. The first-order valence-corrected chi connectivity index (χ1v) is 5.70. The maximum atomic E-state index is 12.4. The monoisotopic (exact) mass is 256 g/mol. The second-order valence-electron chi connectivity index (χ2n) is 3.90. The van der Waals surface area contributed by atoms with Crippen molar-refractivity contribution in [2.45, 2.75) is 0 Å². The van der Waals surface area contributed by atoms with E-state index in [9.17, 15) is 14.9 Å². The molecule has 0 aliphatic rings. The summed E-state index contributed by atoms with van der Waals surface area (Å²) < 4.78 is 0. The second kappa shape index (κ2) is 5.30. The molecule has 0 spiro atoms. The number of nitro benzene ring substituents is 1. The van der Waals surface area contributed by atoms with Gasteiger partial charge in [0.1, 0.15) is 5.56 Å². The van der Waals surface area contributed by atoms with Gasteiger partial charge in [-0.3, -0.25) is 14.9 Å². The molecule has 0 bridgehead atoms. The van der Waals surface area contributed by atoms with Crippen LogP contribution in [-0.4, -0.2) is 17.8 Å². The Morgan fingerprint density at radius 3 is 2.37 bits per heavy atom. The average Bonchev–Trinajstić information content (AvgIpc) is 2.46. The molecule has 0 aliphatic heterocycles. The first kappa shape index (κ1) is 12.8. The van der Waals surface area contributed by atoms with Gasteiger partial charge in [0.15, 0.2) is 0 Å². The topological polar surface area (TPSA) is 72.2 Å². The van der Waals surface area contributed by atoms with Crippen molar-refractivity contribution in [3.05, 3.63) is 69.8 Å². The SMILES string of the molecule is CNc1cccc([N+](=O)[O-])c1C(=O)c1ccccc1. The van der Waals surface area contributed by atoms with Gasteiger partial charge in [0.05, 0.1) is 10.6 Å². The summed E-state index contributed by atoms with van der Waals surface area (Å²) in [4.78, 5) is 22.9. The fraction of sp³-hybridized carbons (Fsp3) is 0.0714. The Morgan fingerprint density at radius 2 is 1.79 bits per heavy atom. The Labute approximate surface area is 110 Å². The number of nitrogens with zero attached hydrogens (tertiary/aromatic N) is 1. The van der Waals surface area contributed by atoms with E-state index in [1.54, 1.807) is 49.5 Å². The van der Waals surface area contributed by atoms with E-state index in [0.29, 0.717) is 11.3 Å². The zero-order valence-corrected chi connectivity index (χ0v) is 10.3. The summed E-state index contributed by atoms with van der Waals surface area (Å²) in [5.74, 6) is -0.364. The first-order valence-electron chi connectivity index (χ1n) is 5.70. The predicted octanol–water partition coefficient (Wildman–Crippen LogP) is 2.87. The van der Waals surface area contributed by atoms with Crippen LogP contribution in [0.2, 0.25) is 0 Å². The molecule has 2 aromatic rings. The lowest BCUT2D eigenvalue weighted by molar-refractivity contribution is -0.385. The highest BCUT2D eigenvalue weighted by atomic mass is 16.6. The van der Waals surface area contributed by atoms with Gasteiger partial charge < -0.3 is 5.32 Å². The molecule has 2 aromatic carbocycles. The summed E-state index contributed by atoms with van der Waals surface area (Å²) >= 11 is 0. The number of anilines is 1. The van der Waals surface area contributed by atoms with Crippen LogP contribution in [-0.2, 0) is 0 Å². The van der Waals surface area contributed by atoms with Crippen LogP contribution in [0.3, 0.4) is 0 Å². The van der Waals surface area contributed by atoms with Gasteiger partial charge in [-0.05, 0) is 6.07 Å². The van der Waals surface area contributed by atoms with Crippen molar-refractivity contribution in [3.63, 3.8) is 0 Å². The fourth-order valence-corrected chi connectivity index (χ4v) is 1.87. The molecule has 19 heavy (non-hydrogen) atoms. The average molecular weight is 256 g/mol. The lowest BCUT2D eigenvalue weighted by Crippen LogP contribution is -2.09. The molecule has 5 nitrogen and oxygen atoms in total. The van der Waals surface area contributed by atoms with Crippen LogP contribution >= 0.6 is 0 Å². The van der Waals surface area contributed by atoms with Gasteiger partial charge in [0.2, 0.25) is 5.78 Å². The van der Waals surface area contributed by atoms with E-state index in [4.69, 9.17) is 0 Å². The molecule has 0 aliphatic carbocycles. The highest BCUT2D eigenvalue weighted by Crippen LogP contribution is 2.28. The predicted molar refractivity (Wildman–Crippen MR) is 72.5 cm³/mol. The molecular formula is C14H12N2O3. The largest absolute Gasteiger partial charge is 0.387 e. The lowest BCUT2D eigenvalue weighted by atomic mass is 10.00. The van der Waals surface area contributed by atoms with Crippen molar-refractivity contribution >= 4 is 17.2 Å². The summed E-state index contributed by atoms with van der Waals surface area (Å²) in [7, 11) is 1.63. The Morgan fingerprint density at radius 1 is 1.11 bits per heavy atom. The van der Waals surface area contributed by atoms with Crippen molar-refractivity contribution in [1.29, 1.82) is 0 Å². The minimum atomic E-state index is -0.545. The normalized spacial score (nSPS) is 9.95. The van der Waals surface area contributed by atoms with Gasteiger partial charge >= 0.3 is 0 Å². The quantitative estimate of drug-likeness (QED) is 0.518. The van der Waals surface area contributed by atoms with Gasteiger partial charge in [-0.15, -0.1) is 0 Å². The minimum absolute atomic E-state index is 0.0844. The molecule has 2 rings (SSSR count). The van der Waals surface area contributed by atoms with E-state index in [2.05, 4.69) is 5.32 Å². The number of hydrogen-bond donors (Lipinski definition) is 1. The van der Waals surface area contributed by atoms with Crippen LogP contribution in [0.25, 0.3) is 0 Å². The lowest BCUT2D eigenvalue weighted by Gasteiger charge is -2.08. The maximum Gasteiger partial charge on any atom is 0.282 e. The van der Waals surface area contributed by atoms with Gasteiger partial charge in [0, 0.05) is 18.7 Å². The Hall–Kier alpha value is -2.69. The van der Waals surface area contributed by atoms with E-state index in [0.717, 1.165) is 0 Å². The van der Waals surface area contributed by atoms with Crippen molar-refractivity contribution in [3.8, 4) is 0 Å². The number of hydrogen-bond acceptors (Lipinski definition) is 4. The van der Waals surface area contributed by atoms with Crippen LogP contribution in [0.4, 0.5) is 11.4 Å². The van der Waals surface area contributed by atoms with E-state index < -0.39 is 4.92 Å². The van der Waals surface area contributed by atoms with E-state index in [-0.39, 0.29) is 17.0 Å². The summed E-state index contributed by atoms with van der Waals surface area (Å²) in [5, 5.41) is 13.9. The third-order valence-electron chi connectivity index (χ3n) is 2.77. The molecule has 0 saturated heterocycles. The summed E-state index contributed by atoms with van der Waals surface area (Å²) in [6.45, 7) is 0. The number of benzene rings is 2. The van der Waals surface area contributed by atoms with Crippen molar-refractivity contribution < 1.29 is 9.72 Å². The first-order chi connectivity index (χ1) is 9.15. The fourth-order valence-electron chi connectivity index (χ4n) is 1.87. The number of carbonyl (C=O) groups excluding carboxylic acids is 1. The molecule has 0 amide bonds. The molecule has 0 radical (unpaired) electrons. The third-order valence-corrected chi connectivity index (χ3v) is 2.77. The van der Waals surface area contributed by atoms with Crippen LogP contribution in [0.5, 0.6) is 0 Å². The molecule has 96 valence electrons. The standard InChI is InChI=1S/C14H12N2O3/c1-15-11-8-5-9-12(16(18)19)13(11)14(17)10-6-3-2-4-7-10/h2-9,15H,1H3. The van der Waals surface area contributed by atoms with E-state index in [1.165, 1.54) is 6.07 Å². The minimum Gasteiger partial charge on any atom is -0.387 e. The molecule has 0 aromatic heterocycles. The maximum absolute atomic E-state index is 12.4. The van der Waals surface area contributed by atoms with Crippen LogP contribution in [0.15, 0.2) is 48.5 Å². The van der Waals surface area contributed by atoms with Gasteiger partial charge in [-0.2, -0.15) is 0 Å².